The number of nitrogens with zero attached hydrogens (tertiary/aromatic N) is 2. The van der Waals surface area contributed by atoms with Crippen molar-refractivity contribution in [2.24, 2.45) is 0 Å². The number of nitrogens with one attached hydrogen (secondary N) is 1. The minimum atomic E-state index is -0.299. The van der Waals surface area contributed by atoms with Crippen LogP contribution in [0.1, 0.15) is 22.9 Å². The summed E-state index contributed by atoms with van der Waals surface area (Å²) in [5.41, 5.74) is 3.22. The fourth-order valence-electron chi connectivity index (χ4n) is 3.29. The number of pyridine rings is 2. The van der Waals surface area contributed by atoms with Crippen molar-refractivity contribution in [3.8, 4) is 11.5 Å². The summed E-state index contributed by atoms with van der Waals surface area (Å²) in [6.07, 6.45) is 1.68. The molecule has 0 saturated heterocycles. The zero-order chi connectivity index (χ0) is 19.5. The summed E-state index contributed by atoms with van der Waals surface area (Å²) in [4.78, 5) is 8.91. The first kappa shape index (κ1) is 17.8. The number of benzene rings is 2. The van der Waals surface area contributed by atoms with E-state index in [0.29, 0.717) is 5.52 Å². The monoisotopic (exact) mass is 371 g/mol. The number of aromatic nitrogens is 2. The van der Waals surface area contributed by atoms with Crippen LogP contribution >= 0.6 is 0 Å². The molecule has 0 aliphatic heterocycles. The summed E-state index contributed by atoms with van der Waals surface area (Å²) >= 11 is 0. The third kappa shape index (κ3) is 3.47. The lowest BCUT2D eigenvalue weighted by atomic mass is 9.96. The van der Waals surface area contributed by atoms with Gasteiger partial charge in [-0.05, 0) is 42.8 Å². The Labute approximate surface area is 163 Å². The number of methoxy groups -OCH3 is 1. The van der Waals surface area contributed by atoms with Crippen molar-refractivity contribution < 1.29 is 9.84 Å². The largest absolute Gasteiger partial charge is 0.505 e. The maximum absolute atomic E-state index is 11.0. The molecule has 1 unspecified atom stereocenters. The van der Waals surface area contributed by atoms with Gasteiger partial charge in [0, 0.05) is 22.8 Å². The Morgan fingerprint density at radius 2 is 1.79 bits per heavy atom. The smallest absolute Gasteiger partial charge is 0.147 e. The predicted molar refractivity (Wildman–Crippen MR) is 111 cm³/mol. The molecule has 0 bridgehead atoms. The van der Waals surface area contributed by atoms with E-state index in [1.165, 1.54) is 0 Å². The highest BCUT2D eigenvalue weighted by atomic mass is 16.5. The summed E-state index contributed by atoms with van der Waals surface area (Å²) in [5.74, 6) is 1.68. The molecule has 5 heteroatoms. The average Bonchev–Trinajstić information content (AvgIpc) is 2.73. The van der Waals surface area contributed by atoms with E-state index in [0.717, 1.165) is 33.8 Å². The van der Waals surface area contributed by atoms with Gasteiger partial charge >= 0.3 is 0 Å². The molecule has 4 aromatic rings. The molecule has 0 aliphatic rings. The summed E-state index contributed by atoms with van der Waals surface area (Å²) < 4.78 is 5.28. The minimum Gasteiger partial charge on any atom is -0.505 e. The number of fused-ring (bicyclic) bond motifs is 1. The molecule has 0 fully saturated rings. The second kappa shape index (κ2) is 7.56. The maximum atomic E-state index is 11.0. The second-order valence-electron chi connectivity index (χ2n) is 6.59. The molecule has 28 heavy (non-hydrogen) atoms. The van der Waals surface area contributed by atoms with Gasteiger partial charge in [-0.2, -0.15) is 0 Å². The van der Waals surface area contributed by atoms with Crippen molar-refractivity contribution >= 4 is 16.7 Å². The molecule has 0 spiro atoms. The van der Waals surface area contributed by atoms with Gasteiger partial charge in [-0.3, -0.25) is 4.98 Å². The van der Waals surface area contributed by atoms with Crippen molar-refractivity contribution in [1.82, 2.24) is 9.97 Å². The Balaban J connectivity index is 1.83. The zero-order valence-corrected chi connectivity index (χ0v) is 15.8. The number of ether oxygens (including phenoxy) is 1. The summed E-state index contributed by atoms with van der Waals surface area (Å²) in [5, 5.41) is 15.3. The van der Waals surface area contributed by atoms with Gasteiger partial charge in [-0.1, -0.05) is 36.4 Å². The highest BCUT2D eigenvalue weighted by molar-refractivity contribution is 5.86. The molecule has 2 aromatic heterocycles. The summed E-state index contributed by atoms with van der Waals surface area (Å²) in [7, 11) is 1.64. The second-order valence-corrected chi connectivity index (χ2v) is 6.59. The molecule has 0 amide bonds. The Hall–Kier alpha value is -3.60. The van der Waals surface area contributed by atoms with E-state index in [1.807, 2.05) is 73.7 Å². The van der Waals surface area contributed by atoms with Crippen LogP contribution < -0.4 is 10.1 Å². The molecule has 2 N–H and O–H groups in total. The van der Waals surface area contributed by atoms with Crippen LogP contribution in [0.3, 0.4) is 0 Å². The Kier molecular flexibility index (Phi) is 4.81. The first-order valence-corrected chi connectivity index (χ1v) is 9.06. The van der Waals surface area contributed by atoms with Crippen LogP contribution in [0.5, 0.6) is 11.5 Å². The van der Waals surface area contributed by atoms with E-state index in [2.05, 4.69) is 15.3 Å². The van der Waals surface area contributed by atoms with Crippen molar-refractivity contribution in [2.45, 2.75) is 13.0 Å². The van der Waals surface area contributed by atoms with Crippen LogP contribution in [0, 0.1) is 6.92 Å². The first-order valence-electron chi connectivity index (χ1n) is 9.06. The van der Waals surface area contributed by atoms with Crippen LogP contribution in [0.25, 0.3) is 10.9 Å². The van der Waals surface area contributed by atoms with Crippen LogP contribution in [-0.2, 0) is 0 Å². The SMILES string of the molecule is COc1ccc(C(Nc2cccc(C)n2)c2ccc3cccnc3c2O)cc1. The molecule has 5 nitrogen and oxygen atoms in total. The van der Waals surface area contributed by atoms with Crippen LogP contribution in [-0.4, -0.2) is 22.2 Å². The minimum absolute atomic E-state index is 0.166. The quantitative estimate of drug-likeness (QED) is 0.525. The standard InChI is InChI=1S/C23H21N3O2/c1-15-5-3-7-20(25-15)26-21(17-8-11-18(28-2)12-9-17)19-13-10-16-6-4-14-24-22(16)23(19)27/h3-14,21,27H,1-2H3,(H,25,26). The Bertz CT molecular complexity index is 1110. The van der Waals surface area contributed by atoms with E-state index in [9.17, 15) is 5.11 Å². The molecule has 1 atom stereocenters. The van der Waals surface area contributed by atoms with Gasteiger partial charge in [0.2, 0.25) is 0 Å². The van der Waals surface area contributed by atoms with Gasteiger partial charge in [-0.15, -0.1) is 0 Å². The van der Waals surface area contributed by atoms with Crippen LogP contribution in [0.15, 0.2) is 72.9 Å². The average molecular weight is 371 g/mol. The number of phenols is 1. The molecule has 140 valence electrons. The third-order valence-corrected chi connectivity index (χ3v) is 4.72. The number of aromatic hydroxyl groups is 1. The van der Waals surface area contributed by atoms with Gasteiger partial charge in [0.1, 0.15) is 22.8 Å². The van der Waals surface area contributed by atoms with Crippen LogP contribution in [0.4, 0.5) is 5.82 Å². The number of hydrogen-bond donors (Lipinski definition) is 2. The molecule has 0 radical (unpaired) electrons. The van der Waals surface area contributed by atoms with Gasteiger partial charge in [-0.25, -0.2) is 4.98 Å². The van der Waals surface area contributed by atoms with Gasteiger partial charge in [0.15, 0.2) is 0 Å². The fraction of sp³-hybridized carbons (Fsp3) is 0.130. The lowest BCUT2D eigenvalue weighted by Crippen LogP contribution is -2.14. The summed E-state index contributed by atoms with van der Waals surface area (Å²) in [6, 6.07) is 21.0. The molecule has 0 aliphatic carbocycles. The number of phenolic OH excluding ortho intramolecular Hbond substituents is 1. The lowest BCUT2D eigenvalue weighted by molar-refractivity contribution is 0.414. The number of aryl methyl sites for hydroxylation is 1. The highest BCUT2D eigenvalue weighted by Gasteiger charge is 2.20. The molecule has 0 saturated carbocycles. The first-order chi connectivity index (χ1) is 13.7. The van der Waals surface area contributed by atoms with E-state index < -0.39 is 0 Å². The van der Waals surface area contributed by atoms with Gasteiger partial charge in [0.05, 0.1) is 13.2 Å². The van der Waals surface area contributed by atoms with Crippen molar-refractivity contribution in [3.05, 3.63) is 89.7 Å². The highest BCUT2D eigenvalue weighted by Crippen LogP contribution is 2.36. The fourth-order valence-corrected chi connectivity index (χ4v) is 3.29. The predicted octanol–water partition coefficient (Wildman–Crippen LogP) is 4.85. The van der Waals surface area contributed by atoms with Gasteiger partial charge in [0.25, 0.3) is 0 Å². The zero-order valence-electron chi connectivity index (χ0n) is 15.8. The lowest BCUT2D eigenvalue weighted by Gasteiger charge is -2.22. The van der Waals surface area contributed by atoms with E-state index >= 15 is 0 Å². The van der Waals surface area contributed by atoms with E-state index in [-0.39, 0.29) is 11.8 Å². The Morgan fingerprint density at radius 1 is 0.964 bits per heavy atom. The molecular weight excluding hydrogens is 350 g/mol. The molecule has 4 rings (SSSR count). The number of anilines is 1. The van der Waals surface area contributed by atoms with E-state index in [1.54, 1.807) is 13.3 Å². The van der Waals surface area contributed by atoms with Gasteiger partial charge < -0.3 is 15.2 Å². The summed E-state index contributed by atoms with van der Waals surface area (Å²) in [6.45, 7) is 1.95. The number of rotatable bonds is 5. The molecular formula is C23H21N3O2. The van der Waals surface area contributed by atoms with E-state index in [4.69, 9.17) is 4.74 Å². The number of hydrogen-bond acceptors (Lipinski definition) is 5. The normalized spacial score (nSPS) is 11.9. The third-order valence-electron chi connectivity index (χ3n) is 4.72. The van der Waals surface area contributed by atoms with Crippen LogP contribution in [0.2, 0.25) is 0 Å². The topological polar surface area (TPSA) is 67.3 Å². The van der Waals surface area contributed by atoms with Crippen molar-refractivity contribution in [3.63, 3.8) is 0 Å². The molecule has 2 heterocycles. The molecule has 2 aromatic carbocycles. The maximum Gasteiger partial charge on any atom is 0.147 e. The van der Waals surface area contributed by atoms with Crippen molar-refractivity contribution in [2.75, 3.05) is 12.4 Å². The Morgan fingerprint density at radius 3 is 2.54 bits per heavy atom. The van der Waals surface area contributed by atoms with Crippen molar-refractivity contribution in [1.29, 1.82) is 0 Å².